The predicted molar refractivity (Wildman–Crippen MR) is 53.5 cm³/mol. The fourth-order valence-electron chi connectivity index (χ4n) is 1.33. The second kappa shape index (κ2) is 5.78. The zero-order valence-electron chi connectivity index (χ0n) is 8.16. The zero-order valence-corrected chi connectivity index (χ0v) is 8.16. The number of aromatic nitrogens is 1. The maximum atomic E-state index is 8.79. The van der Waals surface area contributed by atoms with Crippen LogP contribution >= 0.6 is 0 Å². The predicted octanol–water partition coefficient (Wildman–Crippen LogP) is 0.980. The van der Waals surface area contributed by atoms with Crippen LogP contribution in [-0.2, 0) is 13.1 Å². The molecular formula is C10H18N2O. The van der Waals surface area contributed by atoms with Gasteiger partial charge in [-0.25, -0.2) is 0 Å². The summed E-state index contributed by atoms with van der Waals surface area (Å²) in [6.45, 7) is 4.98. The molecule has 0 aromatic carbocycles. The highest BCUT2D eigenvalue weighted by Crippen LogP contribution is 2.01. The number of aliphatic hydroxyl groups excluding tert-OH is 1. The molecule has 0 saturated carbocycles. The van der Waals surface area contributed by atoms with Crippen molar-refractivity contribution < 1.29 is 5.11 Å². The summed E-state index contributed by atoms with van der Waals surface area (Å²) in [5.41, 5.74) is 1.24. The molecule has 74 valence electrons. The molecule has 0 spiro atoms. The highest BCUT2D eigenvalue weighted by Gasteiger charge is 1.98. The lowest BCUT2D eigenvalue weighted by Gasteiger charge is -2.07. The lowest BCUT2D eigenvalue weighted by molar-refractivity contribution is 0.274. The number of aliphatic hydroxyl groups is 1. The Kier molecular flexibility index (Phi) is 4.57. The van der Waals surface area contributed by atoms with Crippen LogP contribution in [0.4, 0.5) is 0 Å². The Balaban J connectivity index is 2.40. The molecule has 0 aliphatic carbocycles. The van der Waals surface area contributed by atoms with Crippen molar-refractivity contribution in [1.82, 2.24) is 9.88 Å². The molecule has 0 radical (unpaired) electrons. The van der Waals surface area contributed by atoms with E-state index in [-0.39, 0.29) is 6.61 Å². The van der Waals surface area contributed by atoms with Crippen molar-refractivity contribution in [1.29, 1.82) is 0 Å². The van der Waals surface area contributed by atoms with Gasteiger partial charge in [0.25, 0.3) is 0 Å². The molecule has 0 aliphatic rings. The van der Waals surface area contributed by atoms with E-state index < -0.39 is 0 Å². The monoisotopic (exact) mass is 182 g/mol. The molecule has 0 aliphatic heterocycles. The van der Waals surface area contributed by atoms with Crippen molar-refractivity contribution in [2.45, 2.75) is 26.4 Å². The van der Waals surface area contributed by atoms with Crippen LogP contribution in [0.15, 0.2) is 18.3 Å². The fourth-order valence-corrected chi connectivity index (χ4v) is 1.33. The largest absolute Gasteiger partial charge is 0.395 e. The smallest absolute Gasteiger partial charge is 0.0610 e. The minimum Gasteiger partial charge on any atom is -0.395 e. The molecular weight excluding hydrogens is 164 g/mol. The first kappa shape index (κ1) is 10.3. The molecule has 13 heavy (non-hydrogen) atoms. The highest BCUT2D eigenvalue weighted by atomic mass is 16.3. The summed E-state index contributed by atoms with van der Waals surface area (Å²) in [4.78, 5) is 0. The van der Waals surface area contributed by atoms with E-state index in [0.29, 0.717) is 6.54 Å². The molecule has 0 bridgehead atoms. The second-order valence-corrected chi connectivity index (χ2v) is 3.09. The van der Waals surface area contributed by atoms with Crippen LogP contribution in [0.5, 0.6) is 0 Å². The van der Waals surface area contributed by atoms with Crippen molar-refractivity contribution in [2.24, 2.45) is 0 Å². The first-order valence-electron chi connectivity index (χ1n) is 4.84. The zero-order chi connectivity index (χ0) is 9.52. The lowest BCUT2D eigenvalue weighted by atomic mass is 10.4. The number of nitrogens with one attached hydrogen (secondary N) is 1. The van der Waals surface area contributed by atoms with Gasteiger partial charge in [0.1, 0.15) is 0 Å². The quantitative estimate of drug-likeness (QED) is 0.643. The molecule has 0 atom stereocenters. The minimum atomic E-state index is 0.204. The summed E-state index contributed by atoms with van der Waals surface area (Å²) in [5, 5.41) is 12.1. The molecule has 0 saturated heterocycles. The molecule has 2 N–H and O–H groups in total. The van der Waals surface area contributed by atoms with Gasteiger partial charge in [-0.1, -0.05) is 6.92 Å². The third-order valence-corrected chi connectivity index (χ3v) is 2.00. The Morgan fingerprint density at radius 2 is 2.38 bits per heavy atom. The number of hydrogen-bond acceptors (Lipinski definition) is 2. The van der Waals surface area contributed by atoms with Crippen molar-refractivity contribution in [3.63, 3.8) is 0 Å². The normalized spacial score (nSPS) is 10.6. The third-order valence-electron chi connectivity index (χ3n) is 2.00. The Morgan fingerprint density at radius 1 is 1.54 bits per heavy atom. The standard InChI is InChI=1S/C10H18N2O/c1-2-5-11-9-10-4-3-6-12(10)7-8-13/h3-4,6,11,13H,2,5,7-9H2,1H3. The second-order valence-electron chi connectivity index (χ2n) is 3.09. The summed E-state index contributed by atoms with van der Waals surface area (Å²) in [6.07, 6.45) is 3.15. The van der Waals surface area contributed by atoms with Crippen LogP contribution in [0.25, 0.3) is 0 Å². The molecule has 3 heteroatoms. The van der Waals surface area contributed by atoms with Gasteiger partial charge in [-0.15, -0.1) is 0 Å². The summed E-state index contributed by atoms with van der Waals surface area (Å²) in [5.74, 6) is 0. The van der Waals surface area contributed by atoms with Gasteiger partial charge in [-0.3, -0.25) is 0 Å². The molecule has 1 aromatic heterocycles. The number of hydrogen-bond donors (Lipinski definition) is 2. The van der Waals surface area contributed by atoms with Crippen LogP contribution in [0.3, 0.4) is 0 Å². The van der Waals surface area contributed by atoms with Gasteiger partial charge in [0.2, 0.25) is 0 Å². The van der Waals surface area contributed by atoms with Crippen LogP contribution in [0.2, 0.25) is 0 Å². The Hall–Kier alpha value is -0.800. The van der Waals surface area contributed by atoms with Gasteiger partial charge in [-0.2, -0.15) is 0 Å². The Morgan fingerprint density at radius 3 is 3.08 bits per heavy atom. The topological polar surface area (TPSA) is 37.2 Å². The molecule has 3 nitrogen and oxygen atoms in total. The first-order chi connectivity index (χ1) is 6.38. The van der Waals surface area contributed by atoms with Crippen LogP contribution in [0.1, 0.15) is 19.0 Å². The van der Waals surface area contributed by atoms with E-state index in [1.165, 1.54) is 5.69 Å². The van der Waals surface area contributed by atoms with Crippen LogP contribution in [0, 0.1) is 0 Å². The van der Waals surface area contributed by atoms with E-state index in [0.717, 1.165) is 19.5 Å². The molecule has 0 fully saturated rings. The van der Waals surface area contributed by atoms with Gasteiger partial charge in [0.05, 0.1) is 6.61 Å². The molecule has 0 unspecified atom stereocenters. The van der Waals surface area contributed by atoms with Gasteiger partial charge < -0.3 is 15.0 Å². The summed E-state index contributed by atoms with van der Waals surface area (Å²) in [7, 11) is 0. The van der Waals surface area contributed by atoms with Crippen LogP contribution in [-0.4, -0.2) is 22.8 Å². The fraction of sp³-hybridized carbons (Fsp3) is 0.600. The number of nitrogens with zero attached hydrogens (tertiary/aromatic N) is 1. The van der Waals surface area contributed by atoms with Crippen molar-refractivity contribution in [3.05, 3.63) is 24.0 Å². The molecule has 1 heterocycles. The Labute approximate surface area is 79.4 Å². The van der Waals surface area contributed by atoms with Gasteiger partial charge in [0, 0.05) is 25.0 Å². The molecule has 1 aromatic rings. The maximum Gasteiger partial charge on any atom is 0.0610 e. The third kappa shape index (κ3) is 3.20. The van der Waals surface area contributed by atoms with Gasteiger partial charge >= 0.3 is 0 Å². The summed E-state index contributed by atoms with van der Waals surface area (Å²) in [6, 6.07) is 4.09. The molecule has 0 amide bonds. The lowest BCUT2D eigenvalue weighted by Crippen LogP contribution is -2.17. The average molecular weight is 182 g/mol. The minimum absolute atomic E-state index is 0.204. The Bertz CT molecular complexity index is 233. The van der Waals surface area contributed by atoms with E-state index in [1.54, 1.807) is 0 Å². The molecule has 1 rings (SSSR count). The van der Waals surface area contributed by atoms with E-state index in [9.17, 15) is 0 Å². The van der Waals surface area contributed by atoms with Crippen molar-refractivity contribution in [2.75, 3.05) is 13.2 Å². The number of rotatable bonds is 6. The van der Waals surface area contributed by atoms with Gasteiger partial charge in [0.15, 0.2) is 0 Å². The summed E-state index contributed by atoms with van der Waals surface area (Å²) >= 11 is 0. The van der Waals surface area contributed by atoms with E-state index >= 15 is 0 Å². The van der Waals surface area contributed by atoms with E-state index in [1.807, 2.05) is 12.3 Å². The first-order valence-corrected chi connectivity index (χ1v) is 4.84. The van der Waals surface area contributed by atoms with E-state index in [2.05, 4.69) is 22.9 Å². The maximum absolute atomic E-state index is 8.79. The SMILES string of the molecule is CCCNCc1cccn1CCO. The van der Waals surface area contributed by atoms with Crippen molar-refractivity contribution >= 4 is 0 Å². The van der Waals surface area contributed by atoms with Crippen LogP contribution < -0.4 is 5.32 Å². The van der Waals surface area contributed by atoms with Crippen molar-refractivity contribution in [3.8, 4) is 0 Å². The average Bonchev–Trinajstić information content (AvgIpc) is 2.54. The summed E-state index contributed by atoms with van der Waals surface area (Å²) < 4.78 is 2.07. The van der Waals surface area contributed by atoms with Gasteiger partial charge in [-0.05, 0) is 25.1 Å². The van der Waals surface area contributed by atoms with E-state index in [4.69, 9.17) is 5.11 Å². The highest BCUT2D eigenvalue weighted by molar-refractivity contribution is 5.06.